The second-order valence-electron chi connectivity index (χ2n) is 7.40. The number of benzene rings is 1. The molecule has 0 bridgehead atoms. The molecule has 0 aliphatic carbocycles. The van der Waals surface area contributed by atoms with Gasteiger partial charge in [0, 0.05) is 43.6 Å². The maximum atomic E-state index is 12.8. The van der Waals surface area contributed by atoms with E-state index in [0.29, 0.717) is 43.6 Å². The highest BCUT2D eigenvalue weighted by Gasteiger charge is 2.32. The van der Waals surface area contributed by atoms with Crippen molar-refractivity contribution in [3.63, 3.8) is 0 Å². The van der Waals surface area contributed by atoms with Gasteiger partial charge >= 0.3 is 5.97 Å². The lowest BCUT2D eigenvalue weighted by molar-refractivity contribution is -0.163. The molecule has 1 amide bonds. The second kappa shape index (κ2) is 8.87. The molecule has 1 saturated heterocycles. The van der Waals surface area contributed by atoms with Crippen LogP contribution in [-0.4, -0.2) is 65.6 Å². The predicted molar refractivity (Wildman–Crippen MR) is 111 cm³/mol. The summed E-state index contributed by atoms with van der Waals surface area (Å²) in [4.78, 5) is 37.6. The van der Waals surface area contributed by atoms with Crippen molar-refractivity contribution in [2.24, 2.45) is 5.92 Å². The maximum absolute atomic E-state index is 12.8. The van der Waals surface area contributed by atoms with Crippen LogP contribution in [0.15, 0.2) is 36.7 Å². The number of halogens is 1. The van der Waals surface area contributed by atoms with E-state index < -0.39 is 18.0 Å². The quantitative estimate of drug-likeness (QED) is 0.685. The monoisotopic (exact) mass is 430 g/mol. The van der Waals surface area contributed by atoms with Crippen LogP contribution in [0.1, 0.15) is 12.5 Å². The van der Waals surface area contributed by atoms with Gasteiger partial charge in [0.1, 0.15) is 12.4 Å². The Labute approximate surface area is 179 Å². The van der Waals surface area contributed by atoms with Crippen molar-refractivity contribution in [2.75, 3.05) is 37.7 Å². The van der Waals surface area contributed by atoms with E-state index in [1.54, 1.807) is 48.5 Å². The van der Waals surface area contributed by atoms with E-state index in [-0.39, 0.29) is 12.5 Å². The molecule has 0 radical (unpaired) electrons. The molecule has 1 aromatic carbocycles. The molecule has 2 atom stereocenters. The van der Waals surface area contributed by atoms with E-state index in [1.165, 1.54) is 0 Å². The largest absolute Gasteiger partial charge is 0.492 e. The highest BCUT2D eigenvalue weighted by Crippen LogP contribution is 2.30. The van der Waals surface area contributed by atoms with Crippen LogP contribution in [0.5, 0.6) is 5.75 Å². The molecule has 2 aliphatic heterocycles. The Morgan fingerprint density at radius 3 is 2.67 bits per heavy atom. The fourth-order valence-corrected chi connectivity index (χ4v) is 3.87. The molecule has 1 aromatic heterocycles. The first-order valence-electron chi connectivity index (χ1n) is 9.94. The standard InChI is InChI=1S/C21H23ClN4O4/c1-14(19(27)25-7-9-26(10-8-25)21-23-5-2-6-24-21)30-20(28)16-11-15-12-17(22)3-4-18(15)29-13-16/h2-6,12,14,16H,7-11,13H2,1H3. The molecule has 3 heterocycles. The van der Waals surface area contributed by atoms with E-state index in [0.717, 1.165) is 11.3 Å². The molecular formula is C21H23ClN4O4. The number of carbonyl (C=O) groups is 2. The molecule has 0 saturated carbocycles. The first-order chi connectivity index (χ1) is 14.5. The molecule has 2 aromatic rings. The van der Waals surface area contributed by atoms with Gasteiger partial charge in [0.2, 0.25) is 5.95 Å². The average Bonchev–Trinajstić information content (AvgIpc) is 2.78. The minimum Gasteiger partial charge on any atom is -0.492 e. The number of aromatic nitrogens is 2. The summed E-state index contributed by atoms with van der Waals surface area (Å²) < 4.78 is 11.1. The fraction of sp³-hybridized carbons (Fsp3) is 0.429. The Morgan fingerprint density at radius 2 is 1.93 bits per heavy atom. The molecule has 0 spiro atoms. The number of carbonyl (C=O) groups excluding carboxylic acids is 2. The highest BCUT2D eigenvalue weighted by atomic mass is 35.5. The number of amides is 1. The van der Waals surface area contributed by atoms with Crippen LogP contribution in [-0.2, 0) is 20.7 Å². The summed E-state index contributed by atoms with van der Waals surface area (Å²) in [7, 11) is 0. The van der Waals surface area contributed by atoms with Crippen molar-refractivity contribution < 1.29 is 19.1 Å². The molecule has 158 valence electrons. The fourth-order valence-electron chi connectivity index (χ4n) is 3.67. The molecule has 2 aliphatic rings. The van der Waals surface area contributed by atoms with Crippen molar-refractivity contribution in [3.8, 4) is 5.75 Å². The van der Waals surface area contributed by atoms with E-state index in [2.05, 4.69) is 9.97 Å². The van der Waals surface area contributed by atoms with E-state index in [1.807, 2.05) is 4.90 Å². The topological polar surface area (TPSA) is 84.9 Å². The van der Waals surface area contributed by atoms with Crippen LogP contribution in [0.4, 0.5) is 5.95 Å². The number of nitrogens with zero attached hydrogens (tertiary/aromatic N) is 4. The van der Waals surface area contributed by atoms with Gasteiger partial charge in [0.15, 0.2) is 6.10 Å². The Morgan fingerprint density at radius 1 is 1.20 bits per heavy atom. The number of esters is 1. The zero-order chi connectivity index (χ0) is 21.1. The third kappa shape index (κ3) is 4.48. The van der Waals surface area contributed by atoms with Gasteiger partial charge in [0.05, 0.1) is 5.92 Å². The summed E-state index contributed by atoms with van der Waals surface area (Å²) in [5.74, 6) is 0.294. The number of piperazine rings is 1. The van der Waals surface area contributed by atoms with Gasteiger partial charge in [-0.1, -0.05) is 11.6 Å². The smallest absolute Gasteiger partial charge is 0.313 e. The van der Waals surface area contributed by atoms with E-state index >= 15 is 0 Å². The minimum absolute atomic E-state index is 0.197. The van der Waals surface area contributed by atoms with E-state index in [9.17, 15) is 9.59 Å². The van der Waals surface area contributed by atoms with Gasteiger partial charge in [-0.05, 0) is 43.2 Å². The van der Waals surface area contributed by atoms with Crippen molar-refractivity contribution in [1.29, 1.82) is 0 Å². The van der Waals surface area contributed by atoms with E-state index in [4.69, 9.17) is 21.1 Å². The van der Waals surface area contributed by atoms with Crippen molar-refractivity contribution >= 4 is 29.4 Å². The van der Waals surface area contributed by atoms with Gasteiger partial charge in [-0.3, -0.25) is 9.59 Å². The zero-order valence-corrected chi connectivity index (χ0v) is 17.4. The number of rotatable bonds is 4. The lowest BCUT2D eigenvalue weighted by Gasteiger charge is -2.35. The number of fused-ring (bicyclic) bond motifs is 1. The van der Waals surface area contributed by atoms with Crippen LogP contribution in [0.3, 0.4) is 0 Å². The lowest BCUT2D eigenvalue weighted by atomic mass is 9.97. The molecular weight excluding hydrogens is 408 g/mol. The molecule has 4 rings (SSSR count). The van der Waals surface area contributed by atoms with Crippen LogP contribution in [0.25, 0.3) is 0 Å². The third-order valence-electron chi connectivity index (χ3n) is 5.33. The Balaban J connectivity index is 1.29. The number of hydrogen-bond acceptors (Lipinski definition) is 7. The average molecular weight is 431 g/mol. The van der Waals surface area contributed by atoms with Crippen LogP contribution in [0.2, 0.25) is 5.02 Å². The molecule has 8 nitrogen and oxygen atoms in total. The minimum atomic E-state index is -0.849. The summed E-state index contributed by atoms with van der Waals surface area (Å²) in [6.45, 7) is 4.15. The molecule has 9 heteroatoms. The van der Waals surface area contributed by atoms with Crippen molar-refractivity contribution in [2.45, 2.75) is 19.4 Å². The van der Waals surface area contributed by atoms with Crippen LogP contribution >= 0.6 is 11.6 Å². The first kappa shape index (κ1) is 20.4. The lowest BCUT2D eigenvalue weighted by Crippen LogP contribution is -2.52. The summed E-state index contributed by atoms with van der Waals surface area (Å²) in [5, 5.41) is 0.593. The molecule has 30 heavy (non-hydrogen) atoms. The second-order valence-corrected chi connectivity index (χ2v) is 7.84. The summed E-state index contributed by atoms with van der Waals surface area (Å²) in [5.41, 5.74) is 0.869. The van der Waals surface area contributed by atoms with Crippen molar-refractivity contribution in [3.05, 3.63) is 47.2 Å². The number of hydrogen-bond donors (Lipinski definition) is 0. The Hall–Kier alpha value is -2.87. The molecule has 1 fully saturated rings. The molecule has 0 N–H and O–H groups in total. The molecule has 2 unspecified atom stereocenters. The van der Waals surface area contributed by atoms with Gasteiger partial charge in [-0.2, -0.15) is 0 Å². The SMILES string of the molecule is CC(OC(=O)C1COc2ccc(Cl)cc2C1)C(=O)N1CCN(c2ncccn2)CC1. The van der Waals surface area contributed by atoms with Gasteiger partial charge in [0.25, 0.3) is 5.91 Å². The normalized spacial score (nSPS) is 19.5. The summed E-state index contributed by atoms with van der Waals surface area (Å²) >= 11 is 6.03. The Bertz CT molecular complexity index is 918. The highest BCUT2D eigenvalue weighted by molar-refractivity contribution is 6.30. The van der Waals surface area contributed by atoms with Gasteiger partial charge in [-0.15, -0.1) is 0 Å². The summed E-state index contributed by atoms with van der Waals surface area (Å²) in [6.07, 6.45) is 3.02. The maximum Gasteiger partial charge on any atom is 0.313 e. The third-order valence-corrected chi connectivity index (χ3v) is 5.56. The zero-order valence-electron chi connectivity index (χ0n) is 16.7. The number of ether oxygens (including phenoxy) is 2. The predicted octanol–water partition coefficient (Wildman–Crippen LogP) is 1.96. The number of anilines is 1. The van der Waals surface area contributed by atoms with Crippen LogP contribution < -0.4 is 9.64 Å². The van der Waals surface area contributed by atoms with Gasteiger partial charge in [-0.25, -0.2) is 9.97 Å². The van der Waals surface area contributed by atoms with Crippen LogP contribution in [0, 0.1) is 5.92 Å². The summed E-state index contributed by atoms with van der Waals surface area (Å²) in [6, 6.07) is 7.11. The first-order valence-corrected chi connectivity index (χ1v) is 10.3. The van der Waals surface area contributed by atoms with Gasteiger partial charge < -0.3 is 19.3 Å². The Kier molecular flexibility index (Phi) is 6.03. The van der Waals surface area contributed by atoms with Crippen molar-refractivity contribution in [1.82, 2.24) is 14.9 Å².